The summed E-state index contributed by atoms with van der Waals surface area (Å²) >= 11 is 7.35. The van der Waals surface area contributed by atoms with Gasteiger partial charge in [0.05, 0.1) is 15.5 Å². The number of nitrogens with zero attached hydrogens (tertiary/aromatic N) is 1. The summed E-state index contributed by atoms with van der Waals surface area (Å²) in [6.07, 6.45) is -2.78. The Bertz CT molecular complexity index is 871. The number of hydrogen-bond acceptors (Lipinski definition) is 3. The van der Waals surface area contributed by atoms with Crippen LogP contribution in [-0.4, -0.2) is 4.98 Å². The van der Waals surface area contributed by atoms with E-state index in [1.54, 1.807) is 12.3 Å². The van der Waals surface area contributed by atoms with Gasteiger partial charge in [-0.05, 0) is 29.8 Å². The van der Waals surface area contributed by atoms with Gasteiger partial charge in [-0.25, -0.2) is 9.37 Å². The maximum atomic E-state index is 13.9. The molecular formula is C18H13ClF4N2S. The van der Waals surface area contributed by atoms with E-state index in [-0.39, 0.29) is 0 Å². The smallest absolute Gasteiger partial charge is 0.306 e. The van der Waals surface area contributed by atoms with Crippen LogP contribution in [0.2, 0.25) is 5.02 Å². The van der Waals surface area contributed by atoms with Gasteiger partial charge in [-0.2, -0.15) is 13.2 Å². The molecule has 2 aromatic carbocycles. The van der Waals surface area contributed by atoms with Crippen LogP contribution in [0.5, 0.6) is 0 Å². The van der Waals surface area contributed by atoms with E-state index in [1.807, 2.05) is 0 Å². The summed E-state index contributed by atoms with van der Waals surface area (Å²) in [6.45, 7) is 0.811. The Morgan fingerprint density at radius 3 is 2.42 bits per heavy atom. The van der Waals surface area contributed by atoms with Gasteiger partial charge in [-0.1, -0.05) is 29.8 Å². The third kappa shape index (κ3) is 4.41. The summed E-state index contributed by atoms with van der Waals surface area (Å²) in [5.74, 6) is -0.412. The number of hydrogen-bond donors (Lipinski definition) is 1. The average molecular weight is 401 g/mol. The summed E-state index contributed by atoms with van der Waals surface area (Å²) in [4.78, 5) is 4.86. The van der Waals surface area contributed by atoms with Crippen molar-refractivity contribution in [2.24, 2.45) is 0 Å². The van der Waals surface area contributed by atoms with Gasteiger partial charge < -0.3 is 5.32 Å². The molecule has 0 amide bonds. The molecule has 0 saturated heterocycles. The summed E-state index contributed by atoms with van der Waals surface area (Å²) in [7, 11) is 0. The second kappa shape index (κ2) is 7.73. The zero-order chi connectivity index (χ0) is 18.7. The molecular weight excluding hydrogens is 388 g/mol. The maximum Gasteiger partial charge on any atom is 0.416 e. The monoisotopic (exact) mass is 400 g/mol. The Labute approximate surface area is 156 Å². The lowest BCUT2D eigenvalue weighted by Gasteiger charge is -2.08. The zero-order valence-corrected chi connectivity index (χ0v) is 14.9. The summed E-state index contributed by atoms with van der Waals surface area (Å²) < 4.78 is 51.5. The SMILES string of the molecule is Fc1cccc(Cl)c1-c1cnc(CNCc2ccc(C(F)(F)F)cc2)s1. The largest absolute Gasteiger partial charge is 0.416 e. The molecule has 1 aromatic heterocycles. The van der Waals surface area contributed by atoms with Gasteiger partial charge >= 0.3 is 6.18 Å². The van der Waals surface area contributed by atoms with Crippen molar-refractivity contribution in [2.75, 3.05) is 0 Å². The van der Waals surface area contributed by atoms with Crippen molar-refractivity contribution in [3.63, 3.8) is 0 Å². The van der Waals surface area contributed by atoms with Crippen LogP contribution < -0.4 is 5.32 Å². The van der Waals surface area contributed by atoms with Crippen LogP contribution in [0.25, 0.3) is 10.4 Å². The van der Waals surface area contributed by atoms with E-state index in [2.05, 4.69) is 10.3 Å². The van der Waals surface area contributed by atoms with Crippen molar-refractivity contribution in [3.8, 4) is 10.4 Å². The Kier molecular flexibility index (Phi) is 5.60. The van der Waals surface area contributed by atoms with Crippen LogP contribution >= 0.6 is 22.9 Å². The molecule has 26 heavy (non-hydrogen) atoms. The van der Waals surface area contributed by atoms with E-state index >= 15 is 0 Å². The van der Waals surface area contributed by atoms with Crippen LogP contribution in [0.15, 0.2) is 48.7 Å². The molecule has 1 heterocycles. The van der Waals surface area contributed by atoms with E-state index in [9.17, 15) is 17.6 Å². The highest BCUT2D eigenvalue weighted by Gasteiger charge is 2.29. The molecule has 136 valence electrons. The lowest BCUT2D eigenvalue weighted by molar-refractivity contribution is -0.137. The Balaban J connectivity index is 1.60. The number of alkyl halides is 3. The highest BCUT2D eigenvalue weighted by atomic mass is 35.5. The molecule has 0 fully saturated rings. The van der Waals surface area contributed by atoms with Gasteiger partial charge in [0, 0.05) is 24.8 Å². The van der Waals surface area contributed by atoms with Crippen LogP contribution in [0.4, 0.5) is 17.6 Å². The molecule has 0 aliphatic rings. The van der Waals surface area contributed by atoms with Gasteiger partial charge in [0.1, 0.15) is 10.8 Å². The first kappa shape index (κ1) is 18.8. The summed E-state index contributed by atoms with van der Waals surface area (Å²) in [6, 6.07) is 9.46. The third-order valence-corrected chi connectivity index (χ3v) is 4.98. The molecule has 0 atom stereocenters. The molecule has 3 aromatic rings. The van der Waals surface area contributed by atoms with Gasteiger partial charge in [-0.15, -0.1) is 11.3 Å². The minimum absolute atomic E-state index is 0.318. The first-order chi connectivity index (χ1) is 12.3. The summed E-state index contributed by atoms with van der Waals surface area (Å²) in [5, 5.41) is 4.16. The highest BCUT2D eigenvalue weighted by Crippen LogP contribution is 2.34. The molecule has 1 N–H and O–H groups in total. The zero-order valence-electron chi connectivity index (χ0n) is 13.3. The molecule has 0 spiro atoms. The molecule has 0 aliphatic heterocycles. The lowest BCUT2D eigenvalue weighted by atomic mass is 10.1. The molecule has 8 heteroatoms. The second-order valence-electron chi connectivity index (χ2n) is 5.51. The maximum absolute atomic E-state index is 13.9. The number of aromatic nitrogens is 1. The topological polar surface area (TPSA) is 24.9 Å². The predicted octanol–water partition coefficient (Wildman–Crippen LogP) is 5.91. The minimum atomic E-state index is -4.34. The molecule has 2 nitrogen and oxygen atoms in total. The number of nitrogens with one attached hydrogen (secondary N) is 1. The van der Waals surface area contributed by atoms with Crippen LogP contribution in [0, 0.1) is 5.82 Å². The fourth-order valence-electron chi connectivity index (χ4n) is 2.37. The van der Waals surface area contributed by atoms with E-state index in [4.69, 9.17) is 11.6 Å². The standard InChI is InChI=1S/C18H13ClF4N2S/c19-13-2-1-3-14(20)17(13)15-9-25-16(26-15)10-24-8-11-4-6-12(7-5-11)18(21,22)23/h1-7,9,24H,8,10H2. The van der Waals surface area contributed by atoms with Crippen molar-refractivity contribution >= 4 is 22.9 Å². The molecule has 0 radical (unpaired) electrons. The first-order valence-electron chi connectivity index (χ1n) is 7.60. The Morgan fingerprint density at radius 1 is 1.04 bits per heavy atom. The van der Waals surface area contributed by atoms with Crippen LogP contribution in [-0.2, 0) is 19.3 Å². The van der Waals surface area contributed by atoms with E-state index in [0.29, 0.717) is 28.6 Å². The van der Waals surface area contributed by atoms with E-state index in [0.717, 1.165) is 22.7 Å². The number of thiazole rings is 1. The van der Waals surface area contributed by atoms with E-state index < -0.39 is 17.6 Å². The van der Waals surface area contributed by atoms with Gasteiger partial charge in [0.25, 0.3) is 0 Å². The van der Waals surface area contributed by atoms with Crippen molar-refractivity contribution in [3.05, 3.63) is 75.6 Å². The van der Waals surface area contributed by atoms with Gasteiger partial charge in [-0.3, -0.25) is 0 Å². The number of rotatable bonds is 5. The molecule has 0 aliphatic carbocycles. The third-order valence-electron chi connectivity index (χ3n) is 3.65. The minimum Gasteiger partial charge on any atom is -0.306 e. The number of benzene rings is 2. The Morgan fingerprint density at radius 2 is 1.77 bits per heavy atom. The normalized spacial score (nSPS) is 11.7. The molecule has 0 unspecified atom stereocenters. The molecule has 3 rings (SSSR count). The van der Waals surface area contributed by atoms with Crippen molar-refractivity contribution < 1.29 is 17.6 Å². The van der Waals surface area contributed by atoms with Gasteiger partial charge in [0.15, 0.2) is 0 Å². The fraction of sp³-hybridized carbons (Fsp3) is 0.167. The lowest BCUT2D eigenvalue weighted by Crippen LogP contribution is -2.12. The van der Waals surface area contributed by atoms with Gasteiger partial charge in [0.2, 0.25) is 0 Å². The van der Waals surface area contributed by atoms with Crippen molar-refractivity contribution in [2.45, 2.75) is 19.3 Å². The summed E-state index contributed by atoms with van der Waals surface area (Å²) in [5.41, 5.74) is 0.375. The van der Waals surface area contributed by atoms with Crippen LogP contribution in [0.1, 0.15) is 16.1 Å². The van der Waals surface area contributed by atoms with Crippen LogP contribution in [0.3, 0.4) is 0 Å². The molecule has 0 bridgehead atoms. The first-order valence-corrected chi connectivity index (χ1v) is 8.80. The molecule has 0 saturated carbocycles. The second-order valence-corrected chi connectivity index (χ2v) is 7.04. The van der Waals surface area contributed by atoms with Crippen molar-refractivity contribution in [1.82, 2.24) is 10.3 Å². The number of halogens is 5. The van der Waals surface area contributed by atoms with E-state index in [1.165, 1.54) is 35.6 Å². The van der Waals surface area contributed by atoms with Crippen molar-refractivity contribution in [1.29, 1.82) is 0 Å². The fourth-order valence-corrected chi connectivity index (χ4v) is 3.64. The quantitative estimate of drug-likeness (QED) is 0.538. The Hall–Kier alpha value is -1.96. The highest BCUT2D eigenvalue weighted by molar-refractivity contribution is 7.15. The predicted molar refractivity (Wildman–Crippen MR) is 94.5 cm³/mol. The average Bonchev–Trinajstić information content (AvgIpc) is 3.03.